The number of nitrogens with one attached hydrogen (secondary N) is 2. The van der Waals surface area contributed by atoms with Gasteiger partial charge in [-0.05, 0) is 12.5 Å². The molecule has 1 aliphatic heterocycles. The van der Waals surface area contributed by atoms with Gasteiger partial charge in [0.2, 0.25) is 5.91 Å². The lowest BCUT2D eigenvalue weighted by atomic mass is 10.0. The summed E-state index contributed by atoms with van der Waals surface area (Å²) < 4.78 is 0. The van der Waals surface area contributed by atoms with Gasteiger partial charge < -0.3 is 15.7 Å². The largest absolute Gasteiger partial charge is 0.395 e. The molecule has 0 saturated carbocycles. The lowest BCUT2D eigenvalue weighted by molar-refractivity contribution is -0.117. The Morgan fingerprint density at radius 1 is 1.67 bits per heavy atom. The number of aliphatic hydroxyl groups is 1. The van der Waals surface area contributed by atoms with Crippen molar-refractivity contribution in [2.75, 3.05) is 26.2 Å². The average Bonchev–Trinajstić information content (AvgIpc) is 1.96. The van der Waals surface area contributed by atoms with Crippen molar-refractivity contribution in [3.63, 3.8) is 0 Å². The molecule has 12 heavy (non-hydrogen) atoms. The molecule has 1 aliphatic rings. The third-order valence-electron chi connectivity index (χ3n) is 1.95. The zero-order valence-corrected chi connectivity index (χ0v) is 7.18. The Hall–Kier alpha value is -0.870. The highest BCUT2D eigenvalue weighted by Gasteiger charge is 2.14. The van der Waals surface area contributed by atoms with Crippen LogP contribution in [0.4, 0.5) is 0 Å². The van der Waals surface area contributed by atoms with Gasteiger partial charge in [0.1, 0.15) is 0 Å². The second-order valence-electron chi connectivity index (χ2n) is 2.81. The van der Waals surface area contributed by atoms with Crippen molar-refractivity contribution in [1.82, 2.24) is 10.6 Å². The number of rotatable bonds is 3. The van der Waals surface area contributed by atoms with Crippen molar-refractivity contribution in [2.45, 2.75) is 6.92 Å². The Balaban J connectivity index is 2.40. The number of amides is 1. The summed E-state index contributed by atoms with van der Waals surface area (Å²) in [6.07, 6.45) is 0. The first-order chi connectivity index (χ1) is 5.75. The summed E-state index contributed by atoms with van der Waals surface area (Å²) in [7, 11) is 0. The Kier molecular flexibility index (Phi) is 3.25. The van der Waals surface area contributed by atoms with Crippen LogP contribution >= 0.6 is 0 Å². The molecule has 0 unspecified atom stereocenters. The third kappa shape index (κ3) is 2.06. The monoisotopic (exact) mass is 170 g/mol. The van der Waals surface area contributed by atoms with E-state index in [2.05, 4.69) is 10.6 Å². The van der Waals surface area contributed by atoms with Crippen molar-refractivity contribution < 1.29 is 9.90 Å². The molecule has 0 atom stereocenters. The van der Waals surface area contributed by atoms with Crippen LogP contribution in [0.3, 0.4) is 0 Å². The zero-order valence-electron chi connectivity index (χ0n) is 7.18. The number of aliphatic hydroxyl groups excluding tert-OH is 1. The molecular formula is C8H14N2O2. The maximum absolute atomic E-state index is 11.2. The summed E-state index contributed by atoms with van der Waals surface area (Å²) in [6, 6.07) is 0. The molecule has 0 aromatic heterocycles. The van der Waals surface area contributed by atoms with Gasteiger partial charge in [-0.1, -0.05) is 0 Å². The molecule has 0 spiro atoms. The first-order valence-electron chi connectivity index (χ1n) is 4.04. The summed E-state index contributed by atoms with van der Waals surface area (Å²) in [5.41, 5.74) is 1.94. The summed E-state index contributed by atoms with van der Waals surface area (Å²) in [6.45, 7) is 3.77. The number of carbonyl (C=O) groups is 1. The smallest absolute Gasteiger partial charge is 0.247 e. The van der Waals surface area contributed by atoms with Crippen LogP contribution in [-0.2, 0) is 4.79 Å². The maximum atomic E-state index is 11.2. The average molecular weight is 170 g/mol. The molecule has 4 nitrogen and oxygen atoms in total. The fraction of sp³-hybridized carbons (Fsp3) is 0.625. The van der Waals surface area contributed by atoms with Gasteiger partial charge in [0.05, 0.1) is 6.61 Å². The van der Waals surface area contributed by atoms with Gasteiger partial charge in [-0.3, -0.25) is 4.79 Å². The van der Waals surface area contributed by atoms with Gasteiger partial charge in [-0.15, -0.1) is 0 Å². The van der Waals surface area contributed by atoms with Gasteiger partial charge in [0, 0.05) is 25.2 Å². The minimum Gasteiger partial charge on any atom is -0.395 e. The van der Waals surface area contributed by atoms with Crippen molar-refractivity contribution in [2.24, 2.45) is 0 Å². The van der Waals surface area contributed by atoms with E-state index in [1.54, 1.807) is 0 Å². The van der Waals surface area contributed by atoms with E-state index in [-0.39, 0.29) is 12.5 Å². The molecule has 68 valence electrons. The van der Waals surface area contributed by atoms with Crippen molar-refractivity contribution in [3.05, 3.63) is 11.1 Å². The van der Waals surface area contributed by atoms with Crippen LogP contribution in [0.2, 0.25) is 0 Å². The standard InChI is InChI=1S/C8H14N2O2/c1-6(7-4-9-5-7)8(12)10-2-3-11/h9,11H,2-5H2,1H3,(H,10,12). The Labute approximate surface area is 71.7 Å². The molecule has 1 fully saturated rings. The number of carbonyl (C=O) groups excluding carboxylic acids is 1. The molecule has 0 aromatic rings. The fourth-order valence-electron chi connectivity index (χ4n) is 0.978. The van der Waals surface area contributed by atoms with Crippen LogP contribution in [-0.4, -0.2) is 37.3 Å². The Morgan fingerprint density at radius 3 is 2.75 bits per heavy atom. The summed E-state index contributed by atoms with van der Waals surface area (Å²) >= 11 is 0. The Morgan fingerprint density at radius 2 is 2.33 bits per heavy atom. The Bertz CT molecular complexity index is 205. The van der Waals surface area contributed by atoms with Gasteiger partial charge in [0.25, 0.3) is 0 Å². The van der Waals surface area contributed by atoms with Gasteiger partial charge in [0.15, 0.2) is 0 Å². The molecule has 0 bridgehead atoms. The van der Waals surface area contributed by atoms with Crippen LogP contribution in [0, 0.1) is 0 Å². The van der Waals surface area contributed by atoms with E-state index in [9.17, 15) is 4.79 Å². The van der Waals surface area contributed by atoms with Crippen LogP contribution in [0.15, 0.2) is 11.1 Å². The van der Waals surface area contributed by atoms with Crippen LogP contribution < -0.4 is 10.6 Å². The van der Waals surface area contributed by atoms with Crippen LogP contribution in [0.25, 0.3) is 0 Å². The number of hydrogen-bond donors (Lipinski definition) is 3. The van der Waals surface area contributed by atoms with E-state index in [4.69, 9.17) is 5.11 Å². The predicted molar refractivity (Wildman–Crippen MR) is 45.7 cm³/mol. The molecular weight excluding hydrogens is 156 g/mol. The second-order valence-corrected chi connectivity index (χ2v) is 2.81. The zero-order chi connectivity index (χ0) is 8.97. The third-order valence-corrected chi connectivity index (χ3v) is 1.95. The van der Waals surface area contributed by atoms with Crippen LogP contribution in [0.1, 0.15) is 6.92 Å². The molecule has 0 aromatic carbocycles. The van der Waals surface area contributed by atoms with Crippen molar-refractivity contribution in [3.8, 4) is 0 Å². The maximum Gasteiger partial charge on any atom is 0.247 e. The lowest BCUT2D eigenvalue weighted by Crippen LogP contribution is -2.38. The first-order valence-corrected chi connectivity index (χ1v) is 4.04. The topological polar surface area (TPSA) is 61.4 Å². The normalized spacial score (nSPS) is 15.3. The fourth-order valence-corrected chi connectivity index (χ4v) is 0.978. The molecule has 1 heterocycles. The van der Waals surface area contributed by atoms with E-state index >= 15 is 0 Å². The minimum absolute atomic E-state index is 0.00734. The molecule has 4 heteroatoms. The molecule has 0 radical (unpaired) electrons. The predicted octanol–water partition coefficient (Wildman–Crippen LogP) is -0.985. The number of hydrogen-bond acceptors (Lipinski definition) is 3. The molecule has 1 rings (SSSR count). The van der Waals surface area contributed by atoms with Gasteiger partial charge in [-0.2, -0.15) is 0 Å². The van der Waals surface area contributed by atoms with E-state index in [1.165, 1.54) is 0 Å². The highest BCUT2D eigenvalue weighted by atomic mass is 16.3. The molecule has 3 N–H and O–H groups in total. The van der Waals surface area contributed by atoms with E-state index in [1.807, 2.05) is 6.92 Å². The molecule has 1 saturated heterocycles. The quantitative estimate of drug-likeness (QED) is 0.477. The summed E-state index contributed by atoms with van der Waals surface area (Å²) in [5.74, 6) is -0.0689. The SMILES string of the molecule is CC(C(=O)NCCO)=C1CNC1. The van der Waals surface area contributed by atoms with E-state index in [0.29, 0.717) is 6.54 Å². The summed E-state index contributed by atoms with van der Waals surface area (Å²) in [4.78, 5) is 11.2. The molecule has 0 aliphatic carbocycles. The highest BCUT2D eigenvalue weighted by Crippen LogP contribution is 2.07. The van der Waals surface area contributed by atoms with E-state index < -0.39 is 0 Å². The first kappa shape index (κ1) is 9.22. The van der Waals surface area contributed by atoms with Crippen molar-refractivity contribution in [1.29, 1.82) is 0 Å². The second kappa shape index (κ2) is 4.23. The van der Waals surface area contributed by atoms with Gasteiger partial charge in [-0.25, -0.2) is 0 Å². The highest BCUT2D eigenvalue weighted by molar-refractivity contribution is 5.93. The van der Waals surface area contributed by atoms with Gasteiger partial charge >= 0.3 is 0 Å². The summed E-state index contributed by atoms with van der Waals surface area (Å²) in [5, 5.41) is 14.1. The minimum atomic E-state index is -0.0689. The van der Waals surface area contributed by atoms with Crippen molar-refractivity contribution >= 4 is 5.91 Å². The van der Waals surface area contributed by atoms with E-state index in [0.717, 1.165) is 24.2 Å². The molecule has 1 amide bonds. The lowest BCUT2D eigenvalue weighted by Gasteiger charge is -2.21. The van der Waals surface area contributed by atoms with Crippen LogP contribution in [0.5, 0.6) is 0 Å².